The summed E-state index contributed by atoms with van der Waals surface area (Å²) >= 11 is 5.95. The van der Waals surface area contributed by atoms with Gasteiger partial charge in [0.1, 0.15) is 0 Å². The van der Waals surface area contributed by atoms with Crippen molar-refractivity contribution < 1.29 is 5.11 Å². The van der Waals surface area contributed by atoms with Gasteiger partial charge in [-0.05, 0) is 42.9 Å². The van der Waals surface area contributed by atoms with Crippen LogP contribution in [0.2, 0.25) is 5.02 Å². The predicted molar refractivity (Wildman–Crippen MR) is 74.5 cm³/mol. The molecule has 0 radical (unpaired) electrons. The lowest BCUT2D eigenvalue weighted by Gasteiger charge is -2.22. The van der Waals surface area contributed by atoms with E-state index in [1.807, 2.05) is 24.3 Å². The van der Waals surface area contributed by atoms with Crippen molar-refractivity contribution in [1.29, 1.82) is 0 Å². The van der Waals surface area contributed by atoms with Crippen molar-refractivity contribution in [2.75, 3.05) is 0 Å². The Labute approximate surface area is 110 Å². The molecule has 17 heavy (non-hydrogen) atoms. The third-order valence-electron chi connectivity index (χ3n) is 3.20. The van der Waals surface area contributed by atoms with Crippen LogP contribution in [0, 0.1) is 5.92 Å². The summed E-state index contributed by atoms with van der Waals surface area (Å²) in [5.41, 5.74) is 1.13. The number of benzene rings is 1. The van der Waals surface area contributed by atoms with E-state index in [1.165, 1.54) is 0 Å². The molecule has 0 aliphatic rings. The van der Waals surface area contributed by atoms with Crippen LogP contribution >= 0.6 is 11.6 Å². The van der Waals surface area contributed by atoms with Crippen molar-refractivity contribution >= 4 is 11.6 Å². The highest BCUT2D eigenvalue weighted by molar-refractivity contribution is 6.30. The average Bonchev–Trinajstić information content (AvgIpc) is 2.28. The molecular weight excluding hydrogens is 232 g/mol. The number of hydrogen-bond donors (Lipinski definition) is 1. The van der Waals surface area contributed by atoms with E-state index in [9.17, 15) is 5.11 Å². The summed E-state index contributed by atoms with van der Waals surface area (Å²) in [4.78, 5) is 0. The van der Waals surface area contributed by atoms with Gasteiger partial charge >= 0.3 is 0 Å². The molecule has 0 aromatic heterocycles. The second kappa shape index (κ2) is 7.73. The van der Waals surface area contributed by atoms with E-state index in [1.54, 1.807) is 0 Å². The molecular formula is C15H23ClO. The summed E-state index contributed by atoms with van der Waals surface area (Å²) in [5, 5.41) is 11.0. The lowest BCUT2D eigenvalue weighted by atomic mass is 9.89. The van der Waals surface area contributed by atoms with E-state index in [0.29, 0.717) is 12.3 Å². The summed E-state index contributed by atoms with van der Waals surface area (Å²) in [6, 6.07) is 7.79. The summed E-state index contributed by atoms with van der Waals surface area (Å²) in [5.74, 6) is 0.420. The van der Waals surface area contributed by atoms with Gasteiger partial charge in [0.25, 0.3) is 0 Å². The highest BCUT2D eigenvalue weighted by Gasteiger charge is 2.17. The van der Waals surface area contributed by atoms with Crippen molar-refractivity contribution in [3.05, 3.63) is 34.9 Å². The highest BCUT2D eigenvalue weighted by atomic mass is 35.5. The van der Waals surface area contributed by atoms with Gasteiger partial charge in [-0.3, -0.25) is 0 Å². The van der Waals surface area contributed by atoms with E-state index >= 15 is 0 Å². The van der Waals surface area contributed by atoms with Crippen molar-refractivity contribution in [2.24, 2.45) is 5.92 Å². The molecule has 0 spiro atoms. The Bertz CT molecular complexity index is 318. The quantitative estimate of drug-likeness (QED) is 0.762. The lowest BCUT2D eigenvalue weighted by Crippen LogP contribution is -2.22. The minimum Gasteiger partial charge on any atom is -0.392 e. The molecule has 0 saturated carbocycles. The topological polar surface area (TPSA) is 20.2 Å². The summed E-state index contributed by atoms with van der Waals surface area (Å²) < 4.78 is 0. The second-order valence-electron chi connectivity index (χ2n) is 4.74. The van der Waals surface area contributed by atoms with Crippen molar-refractivity contribution in [3.8, 4) is 0 Å². The molecule has 0 saturated heterocycles. The summed E-state index contributed by atoms with van der Waals surface area (Å²) in [7, 11) is 0. The van der Waals surface area contributed by atoms with Gasteiger partial charge in [-0.15, -0.1) is 0 Å². The maximum absolute atomic E-state index is 10.3. The Morgan fingerprint density at radius 3 is 2.35 bits per heavy atom. The fourth-order valence-electron chi connectivity index (χ4n) is 2.34. The molecule has 1 nitrogen and oxygen atoms in total. The van der Waals surface area contributed by atoms with Crippen LogP contribution in [-0.4, -0.2) is 11.2 Å². The van der Waals surface area contributed by atoms with Gasteiger partial charge in [-0.1, -0.05) is 50.4 Å². The van der Waals surface area contributed by atoms with Gasteiger partial charge in [0.2, 0.25) is 0 Å². The van der Waals surface area contributed by atoms with E-state index < -0.39 is 0 Å². The fourth-order valence-corrected chi connectivity index (χ4v) is 2.56. The highest BCUT2D eigenvalue weighted by Crippen LogP contribution is 2.22. The molecule has 0 aliphatic heterocycles. The zero-order valence-electron chi connectivity index (χ0n) is 10.8. The molecule has 0 fully saturated rings. The van der Waals surface area contributed by atoms with Gasteiger partial charge in [0.15, 0.2) is 0 Å². The van der Waals surface area contributed by atoms with Crippen LogP contribution in [0.15, 0.2) is 24.3 Å². The van der Waals surface area contributed by atoms with E-state index in [4.69, 9.17) is 11.6 Å². The first-order valence-electron chi connectivity index (χ1n) is 6.59. The largest absolute Gasteiger partial charge is 0.392 e. The van der Waals surface area contributed by atoms with Crippen molar-refractivity contribution in [1.82, 2.24) is 0 Å². The summed E-state index contributed by atoms with van der Waals surface area (Å²) in [6.45, 7) is 4.35. The van der Waals surface area contributed by atoms with Crippen LogP contribution in [0.25, 0.3) is 0 Å². The number of halogens is 1. The zero-order valence-corrected chi connectivity index (χ0v) is 11.6. The molecule has 2 heteroatoms. The minimum atomic E-state index is -0.242. The number of aliphatic hydroxyl groups excluding tert-OH is 1. The first kappa shape index (κ1) is 14.5. The first-order valence-corrected chi connectivity index (χ1v) is 6.97. The molecule has 1 atom stereocenters. The third-order valence-corrected chi connectivity index (χ3v) is 3.43. The van der Waals surface area contributed by atoms with Crippen molar-refractivity contribution in [3.63, 3.8) is 0 Å². The molecule has 1 aromatic rings. The predicted octanol–water partition coefficient (Wildman–Crippen LogP) is 4.46. The molecule has 1 N–H and O–H groups in total. The molecule has 0 heterocycles. The standard InChI is InChI=1S/C15H23ClO/c1-3-6-13(7-4-2)15(17)11-12-8-5-9-14(16)10-12/h5,8-10,13,15,17H,3-4,6-7,11H2,1-2H3. The maximum atomic E-state index is 10.3. The van der Waals surface area contributed by atoms with Crippen LogP contribution in [0.4, 0.5) is 0 Å². The Morgan fingerprint density at radius 2 is 1.82 bits per heavy atom. The van der Waals surface area contributed by atoms with Gasteiger partial charge in [-0.2, -0.15) is 0 Å². The average molecular weight is 255 g/mol. The summed E-state index contributed by atoms with van der Waals surface area (Å²) in [6.07, 6.45) is 4.96. The normalized spacial score (nSPS) is 13.0. The van der Waals surface area contributed by atoms with Gasteiger partial charge < -0.3 is 5.11 Å². The Hall–Kier alpha value is -0.530. The maximum Gasteiger partial charge on any atom is 0.0608 e. The minimum absolute atomic E-state index is 0.242. The monoisotopic (exact) mass is 254 g/mol. The van der Waals surface area contributed by atoms with E-state index in [-0.39, 0.29) is 6.10 Å². The SMILES string of the molecule is CCCC(CCC)C(O)Cc1cccc(Cl)c1. The van der Waals surface area contributed by atoms with Gasteiger partial charge in [0, 0.05) is 5.02 Å². The van der Waals surface area contributed by atoms with Crippen LogP contribution < -0.4 is 0 Å². The van der Waals surface area contributed by atoms with E-state index in [0.717, 1.165) is 36.3 Å². The lowest BCUT2D eigenvalue weighted by molar-refractivity contribution is 0.0963. The second-order valence-corrected chi connectivity index (χ2v) is 5.18. The molecule has 96 valence electrons. The molecule has 0 aliphatic carbocycles. The van der Waals surface area contributed by atoms with Crippen LogP contribution in [0.5, 0.6) is 0 Å². The van der Waals surface area contributed by atoms with Gasteiger partial charge in [-0.25, -0.2) is 0 Å². The smallest absolute Gasteiger partial charge is 0.0608 e. The molecule has 1 aromatic carbocycles. The fraction of sp³-hybridized carbons (Fsp3) is 0.600. The third kappa shape index (κ3) is 5.10. The van der Waals surface area contributed by atoms with Crippen LogP contribution in [0.3, 0.4) is 0 Å². The first-order chi connectivity index (χ1) is 8.17. The van der Waals surface area contributed by atoms with E-state index in [2.05, 4.69) is 13.8 Å². The van der Waals surface area contributed by atoms with Crippen LogP contribution in [-0.2, 0) is 6.42 Å². The number of aliphatic hydroxyl groups is 1. The zero-order chi connectivity index (χ0) is 12.7. The van der Waals surface area contributed by atoms with Gasteiger partial charge in [0.05, 0.1) is 6.10 Å². The van der Waals surface area contributed by atoms with Crippen LogP contribution in [0.1, 0.15) is 45.1 Å². The number of hydrogen-bond acceptors (Lipinski definition) is 1. The Morgan fingerprint density at radius 1 is 1.18 bits per heavy atom. The molecule has 0 bridgehead atoms. The van der Waals surface area contributed by atoms with Crippen molar-refractivity contribution in [2.45, 2.75) is 52.1 Å². The molecule has 1 rings (SSSR count). The molecule has 0 amide bonds. The Balaban J connectivity index is 2.59. The Kier molecular flexibility index (Phi) is 6.61. The number of rotatable bonds is 7. The molecule has 1 unspecified atom stereocenters.